The molecule has 0 unspecified atom stereocenters. The van der Waals surface area contributed by atoms with Crippen molar-refractivity contribution in [1.82, 2.24) is 0 Å². The molecule has 2 nitrogen and oxygen atoms in total. The van der Waals surface area contributed by atoms with Gasteiger partial charge in [0.25, 0.3) is 0 Å². The second-order valence-electron chi connectivity index (χ2n) is 2.44. The highest BCUT2D eigenvalue weighted by Gasteiger charge is 2.17. The summed E-state index contributed by atoms with van der Waals surface area (Å²) in [6.07, 6.45) is 0. The van der Waals surface area contributed by atoms with Crippen LogP contribution in [0.3, 0.4) is 0 Å². The molecule has 0 aliphatic carbocycles. The zero-order valence-corrected chi connectivity index (χ0v) is 12.4. The number of hydrogen-bond donors (Lipinski definition) is 0. The Hall–Kier alpha value is 0.440. The quantitative estimate of drug-likeness (QED) is 0.401. The molecule has 0 atom stereocenters. The zero-order valence-electron chi connectivity index (χ0n) is 7.31. The topological polar surface area (TPSA) is 26.3 Å². The number of hydrogen-bond acceptors (Lipinski definition) is 2. The highest BCUT2D eigenvalue weighted by atomic mass is 127. The van der Waals surface area contributed by atoms with Crippen molar-refractivity contribution in [3.8, 4) is 0 Å². The van der Waals surface area contributed by atoms with Gasteiger partial charge < -0.3 is 4.74 Å². The number of carbonyl (C=O) groups excluding carboxylic acids is 1. The Bertz CT molecular complexity index is 366. The normalized spacial score (nSPS) is 10.0. The van der Waals surface area contributed by atoms with E-state index in [-0.39, 0.29) is 5.97 Å². The number of halogens is 3. The van der Waals surface area contributed by atoms with Crippen LogP contribution in [0.2, 0.25) is 5.02 Å². The van der Waals surface area contributed by atoms with E-state index in [0.29, 0.717) is 17.2 Å². The predicted octanol–water partition coefficient (Wildman–Crippen LogP) is 3.73. The van der Waals surface area contributed by atoms with Gasteiger partial charge in [-0.15, -0.1) is 0 Å². The van der Waals surface area contributed by atoms with E-state index in [2.05, 4.69) is 22.6 Å². The molecule has 0 amide bonds. The molecular formula is C9H7ClI2O2. The maximum atomic E-state index is 11.5. The van der Waals surface area contributed by atoms with Gasteiger partial charge in [0.1, 0.15) is 0 Å². The molecular weight excluding hydrogens is 429 g/mol. The fourth-order valence-electron chi connectivity index (χ4n) is 0.917. The van der Waals surface area contributed by atoms with E-state index >= 15 is 0 Å². The fourth-order valence-corrected chi connectivity index (χ4v) is 2.95. The predicted molar refractivity (Wildman–Crippen MR) is 72.8 cm³/mol. The zero-order chi connectivity index (χ0) is 10.7. The van der Waals surface area contributed by atoms with Crippen molar-refractivity contribution in [1.29, 1.82) is 0 Å². The third kappa shape index (κ3) is 2.73. The van der Waals surface area contributed by atoms with Crippen LogP contribution in [-0.4, -0.2) is 12.6 Å². The summed E-state index contributed by atoms with van der Waals surface area (Å²) in [5.74, 6) is -0.316. The Morgan fingerprint density at radius 3 is 2.71 bits per heavy atom. The standard InChI is InChI=1S/C9H7ClI2O2/c1-2-14-9(13)7-6(11)4-3-5(10)8(7)12/h3-4H,2H2,1H3. The van der Waals surface area contributed by atoms with Crippen molar-refractivity contribution in [2.45, 2.75) is 6.92 Å². The molecule has 0 bridgehead atoms. The third-order valence-corrected chi connectivity index (χ3v) is 4.18. The summed E-state index contributed by atoms with van der Waals surface area (Å²) in [4.78, 5) is 11.5. The highest BCUT2D eigenvalue weighted by Crippen LogP contribution is 2.26. The van der Waals surface area contributed by atoms with Gasteiger partial charge in [-0.2, -0.15) is 0 Å². The van der Waals surface area contributed by atoms with Crippen LogP contribution < -0.4 is 0 Å². The van der Waals surface area contributed by atoms with Gasteiger partial charge in [0.2, 0.25) is 0 Å². The monoisotopic (exact) mass is 436 g/mol. The number of esters is 1. The van der Waals surface area contributed by atoms with Gasteiger partial charge in [-0.05, 0) is 64.2 Å². The van der Waals surface area contributed by atoms with E-state index in [1.165, 1.54) is 0 Å². The molecule has 0 spiro atoms. The maximum absolute atomic E-state index is 11.5. The Morgan fingerprint density at radius 1 is 1.50 bits per heavy atom. The van der Waals surface area contributed by atoms with Gasteiger partial charge in [0, 0.05) is 7.14 Å². The molecule has 0 fully saturated rings. The maximum Gasteiger partial charge on any atom is 0.340 e. The van der Waals surface area contributed by atoms with E-state index in [4.69, 9.17) is 16.3 Å². The van der Waals surface area contributed by atoms with Crippen molar-refractivity contribution >= 4 is 62.8 Å². The summed E-state index contributed by atoms with van der Waals surface area (Å²) in [6.45, 7) is 2.15. The second kappa shape index (κ2) is 5.50. The lowest BCUT2D eigenvalue weighted by Crippen LogP contribution is -2.09. The van der Waals surface area contributed by atoms with Gasteiger partial charge in [-0.3, -0.25) is 0 Å². The average molecular weight is 436 g/mol. The largest absolute Gasteiger partial charge is 0.462 e. The highest BCUT2D eigenvalue weighted by molar-refractivity contribution is 14.1. The van der Waals surface area contributed by atoms with Gasteiger partial charge >= 0.3 is 5.97 Å². The Labute approximate surface area is 115 Å². The second-order valence-corrected chi connectivity index (χ2v) is 5.09. The molecule has 0 radical (unpaired) electrons. The Kier molecular flexibility index (Phi) is 4.92. The van der Waals surface area contributed by atoms with Crippen LogP contribution in [-0.2, 0) is 4.74 Å². The first kappa shape index (κ1) is 12.5. The molecule has 5 heteroatoms. The van der Waals surface area contributed by atoms with Crippen molar-refractivity contribution in [2.75, 3.05) is 6.61 Å². The van der Waals surface area contributed by atoms with Gasteiger partial charge in [-0.25, -0.2) is 4.79 Å². The number of carbonyl (C=O) groups is 1. The van der Waals surface area contributed by atoms with E-state index in [1.807, 2.05) is 22.6 Å². The molecule has 0 N–H and O–H groups in total. The SMILES string of the molecule is CCOC(=O)c1c(I)ccc(Cl)c1I. The van der Waals surface area contributed by atoms with E-state index in [9.17, 15) is 4.79 Å². The summed E-state index contributed by atoms with van der Waals surface area (Å²) in [6, 6.07) is 3.57. The van der Waals surface area contributed by atoms with Gasteiger partial charge in [0.15, 0.2) is 0 Å². The van der Waals surface area contributed by atoms with Gasteiger partial charge in [0.05, 0.1) is 17.2 Å². The lowest BCUT2D eigenvalue weighted by molar-refractivity contribution is 0.0524. The third-order valence-electron chi connectivity index (χ3n) is 1.52. The summed E-state index contributed by atoms with van der Waals surface area (Å²) >= 11 is 10.1. The van der Waals surface area contributed by atoms with Gasteiger partial charge in [-0.1, -0.05) is 11.6 Å². The lowest BCUT2D eigenvalue weighted by atomic mass is 10.2. The van der Waals surface area contributed by atoms with E-state index in [1.54, 1.807) is 19.1 Å². The van der Waals surface area contributed by atoms with Crippen LogP contribution in [0.25, 0.3) is 0 Å². The molecule has 0 saturated carbocycles. The molecule has 0 aliphatic rings. The van der Waals surface area contributed by atoms with Crippen molar-refractivity contribution < 1.29 is 9.53 Å². The minimum Gasteiger partial charge on any atom is -0.462 e. The van der Waals surface area contributed by atoms with Crippen LogP contribution in [0.5, 0.6) is 0 Å². The van der Waals surface area contributed by atoms with Crippen molar-refractivity contribution in [3.63, 3.8) is 0 Å². The lowest BCUT2D eigenvalue weighted by Gasteiger charge is -2.07. The van der Waals surface area contributed by atoms with Crippen LogP contribution in [0.1, 0.15) is 17.3 Å². The van der Waals surface area contributed by atoms with Crippen molar-refractivity contribution in [3.05, 3.63) is 29.9 Å². The molecule has 1 aromatic rings. The number of rotatable bonds is 2. The fraction of sp³-hybridized carbons (Fsp3) is 0.222. The minimum absolute atomic E-state index is 0.316. The summed E-state index contributed by atoms with van der Waals surface area (Å²) in [5.41, 5.74) is 0.556. The first-order valence-electron chi connectivity index (χ1n) is 3.88. The molecule has 1 rings (SSSR count). The first-order chi connectivity index (χ1) is 6.57. The minimum atomic E-state index is -0.316. The van der Waals surface area contributed by atoms with Crippen LogP contribution in [0.15, 0.2) is 12.1 Å². The summed E-state index contributed by atoms with van der Waals surface area (Å²) in [5, 5.41) is 0.578. The van der Waals surface area contributed by atoms with Crippen molar-refractivity contribution in [2.24, 2.45) is 0 Å². The number of ether oxygens (including phenoxy) is 1. The van der Waals surface area contributed by atoms with Crippen LogP contribution in [0, 0.1) is 7.14 Å². The summed E-state index contributed by atoms with van der Waals surface area (Å²) < 4.78 is 6.54. The Morgan fingerprint density at radius 2 is 2.14 bits per heavy atom. The molecule has 76 valence electrons. The van der Waals surface area contributed by atoms with E-state index in [0.717, 1.165) is 7.14 Å². The first-order valence-corrected chi connectivity index (χ1v) is 6.42. The van der Waals surface area contributed by atoms with Crippen LogP contribution in [0.4, 0.5) is 0 Å². The molecule has 1 aromatic carbocycles. The summed E-state index contributed by atoms with van der Waals surface area (Å²) in [7, 11) is 0. The average Bonchev–Trinajstić information content (AvgIpc) is 2.13. The molecule has 0 aliphatic heterocycles. The molecule has 0 saturated heterocycles. The smallest absolute Gasteiger partial charge is 0.340 e. The molecule has 14 heavy (non-hydrogen) atoms. The molecule has 0 heterocycles. The molecule has 0 aromatic heterocycles. The Balaban J connectivity index is 3.18. The van der Waals surface area contributed by atoms with E-state index < -0.39 is 0 Å². The number of benzene rings is 1. The van der Waals surface area contributed by atoms with Crippen LogP contribution >= 0.6 is 56.8 Å².